The normalized spacial score (nSPS) is 11.5. The summed E-state index contributed by atoms with van der Waals surface area (Å²) in [5.74, 6) is -0.286. The molecule has 0 spiro atoms. The fourth-order valence-electron chi connectivity index (χ4n) is 3.70. The van der Waals surface area contributed by atoms with Crippen LogP contribution in [0.25, 0.3) is 16.8 Å². The Morgan fingerprint density at radius 1 is 1.06 bits per heavy atom. The van der Waals surface area contributed by atoms with Crippen molar-refractivity contribution in [2.75, 3.05) is 19.5 Å². The van der Waals surface area contributed by atoms with E-state index in [1.807, 2.05) is 0 Å². The molecule has 1 amide bonds. The van der Waals surface area contributed by atoms with Crippen LogP contribution in [-0.4, -0.2) is 34.7 Å². The second-order valence-corrected chi connectivity index (χ2v) is 7.27. The summed E-state index contributed by atoms with van der Waals surface area (Å²) < 4.78 is 52.5. The summed E-state index contributed by atoms with van der Waals surface area (Å²) in [4.78, 5) is 29.0. The maximum absolute atomic E-state index is 13.8. The highest BCUT2D eigenvalue weighted by Gasteiger charge is 2.39. The zero-order valence-electron chi connectivity index (χ0n) is 18.3. The molecular weight excluding hydrogens is 453 g/mol. The first-order valence-electron chi connectivity index (χ1n) is 9.98. The molecule has 2 aromatic heterocycles. The minimum Gasteiger partial charge on any atom is -0.493 e. The summed E-state index contributed by atoms with van der Waals surface area (Å²) in [6.07, 6.45) is -4.83. The highest BCUT2D eigenvalue weighted by molar-refractivity contribution is 6.06. The number of aryl methyl sites for hydroxylation is 1. The number of hydrogen-bond acceptors (Lipinski definition) is 5. The lowest BCUT2D eigenvalue weighted by molar-refractivity contribution is -0.140. The van der Waals surface area contributed by atoms with Gasteiger partial charge in [-0.05, 0) is 24.6 Å². The molecule has 2 aromatic carbocycles. The Morgan fingerprint density at radius 3 is 2.38 bits per heavy atom. The summed E-state index contributed by atoms with van der Waals surface area (Å²) in [7, 11) is 2.80. The molecule has 2 heterocycles. The van der Waals surface area contributed by atoms with Gasteiger partial charge in [-0.2, -0.15) is 22.8 Å². The van der Waals surface area contributed by atoms with Crippen LogP contribution in [0.1, 0.15) is 21.7 Å². The highest BCUT2D eigenvalue weighted by atomic mass is 19.4. The van der Waals surface area contributed by atoms with E-state index < -0.39 is 28.9 Å². The van der Waals surface area contributed by atoms with Crippen LogP contribution in [0.4, 0.5) is 18.9 Å². The number of ether oxygens (including phenoxy) is 2. The van der Waals surface area contributed by atoms with E-state index >= 15 is 0 Å². The summed E-state index contributed by atoms with van der Waals surface area (Å²) in [5.41, 5.74) is -2.58. The molecule has 4 rings (SSSR count). The molecule has 8 nitrogen and oxygen atoms in total. The minimum atomic E-state index is -4.83. The molecule has 34 heavy (non-hydrogen) atoms. The maximum Gasteiger partial charge on any atom is 0.435 e. The number of rotatable bonds is 5. The van der Waals surface area contributed by atoms with E-state index in [-0.39, 0.29) is 33.9 Å². The van der Waals surface area contributed by atoms with Gasteiger partial charge in [-0.1, -0.05) is 36.4 Å². The average molecular weight is 472 g/mol. The summed E-state index contributed by atoms with van der Waals surface area (Å²) >= 11 is 0. The van der Waals surface area contributed by atoms with Crippen LogP contribution in [0, 0.1) is 6.92 Å². The van der Waals surface area contributed by atoms with E-state index in [2.05, 4.69) is 15.4 Å². The number of hydrogen-bond donors (Lipinski definition) is 2. The van der Waals surface area contributed by atoms with Crippen LogP contribution < -0.4 is 20.3 Å². The second kappa shape index (κ2) is 8.58. The number of para-hydroxylation sites is 1. The van der Waals surface area contributed by atoms with E-state index in [1.165, 1.54) is 39.3 Å². The molecule has 0 aliphatic rings. The number of nitrogens with one attached hydrogen (secondary N) is 2. The van der Waals surface area contributed by atoms with Gasteiger partial charge in [0.25, 0.3) is 11.5 Å². The molecule has 0 unspecified atom stereocenters. The third-order valence-corrected chi connectivity index (χ3v) is 5.18. The van der Waals surface area contributed by atoms with Crippen LogP contribution in [0.3, 0.4) is 0 Å². The number of nitrogens with zero attached hydrogens (tertiary/aromatic N) is 2. The number of carbonyl (C=O) groups excluding carboxylic acids is 1. The van der Waals surface area contributed by atoms with E-state index in [0.29, 0.717) is 10.3 Å². The Bertz CT molecular complexity index is 1440. The van der Waals surface area contributed by atoms with Gasteiger partial charge in [0.15, 0.2) is 17.2 Å². The standard InChI is InChI=1S/C23H19F3N4O4/c1-12-16(21(31)28-14-10-7-11-15(33-2)18(14)34-3)22(32)30-20(27-12)17(13-8-5-4-6-9-13)19(29-30)23(24,25)26/h4-11,27H,1-3H3,(H,28,31). The van der Waals surface area contributed by atoms with Crippen molar-refractivity contribution in [1.82, 2.24) is 14.6 Å². The van der Waals surface area contributed by atoms with Gasteiger partial charge in [0.1, 0.15) is 11.2 Å². The number of aromatic nitrogens is 3. The molecule has 176 valence electrons. The van der Waals surface area contributed by atoms with Crippen molar-refractivity contribution in [1.29, 1.82) is 0 Å². The number of alkyl halides is 3. The zero-order chi connectivity index (χ0) is 24.6. The lowest BCUT2D eigenvalue weighted by Crippen LogP contribution is -2.29. The van der Waals surface area contributed by atoms with E-state index in [9.17, 15) is 22.8 Å². The monoisotopic (exact) mass is 472 g/mol. The van der Waals surface area contributed by atoms with Gasteiger partial charge in [-0.3, -0.25) is 9.59 Å². The van der Waals surface area contributed by atoms with E-state index in [1.54, 1.807) is 30.3 Å². The fourth-order valence-corrected chi connectivity index (χ4v) is 3.70. The van der Waals surface area contributed by atoms with E-state index in [0.717, 1.165) is 0 Å². The number of H-pyrrole nitrogens is 1. The number of anilines is 1. The molecule has 0 aliphatic carbocycles. The summed E-state index contributed by atoms with van der Waals surface area (Å²) in [6.45, 7) is 1.42. The molecule has 0 radical (unpaired) electrons. The molecule has 2 N–H and O–H groups in total. The first-order chi connectivity index (χ1) is 16.2. The van der Waals surface area contributed by atoms with Crippen LogP contribution >= 0.6 is 0 Å². The van der Waals surface area contributed by atoms with Gasteiger partial charge in [-0.15, -0.1) is 0 Å². The number of carbonyl (C=O) groups is 1. The maximum atomic E-state index is 13.8. The van der Waals surface area contributed by atoms with Gasteiger partial charge < -0.3 is 19.8 Å². The Labute approximate surface area is 190 Å². The van der Waals surface area contributed by atoms with Crippen molar-refractivity contribution >= 4 is 17.2 Å². The number of aromatic amines is 1. The van der Waals surface area contributed by atoms with Crippen molar-refractivity contribution in [3.8, 4) is 22.6 Å². The Kier molecular flexibility index (Phi) is 5.78. The molecular formula is C23H19F3N4O4. The van der Waals surface area contributed by atoms with Crippen LogP contribution in [0.5, 0.6) is 11.5 Å². The van der Waals surface area contributed by atoms with Gasteiger partial charge in [0.2, 0.25) is 0 Å². The predicted octanol–water partition coefficient (Wildman–Crippen LogP) is 4.29. The Morgan fingerprint density at radius 2 is 1.76 bits per heavy atom. The van der Waals surface area contributed by atoms with Crippen molar-refractivity contribution in [2.24, 2.45) is 0 Å². The quantitative estimate of drug-likeness (QED) is 0.452. The number of amides is 1. The minimum absolute atomic E-state index is 0.0719. The Balaban J connectivity index is 1.89. The zero-order valence-corrected chi connectivity index (χ0v) is 18.3. The molecule has 0 bridgehead atoms. The van der Waals surface area contributed by atoms with Gasteiger partial charge in [0, 0.05) is 5.69 Å². The SMILES string of the molecule is COc1cccc(NC(=O)c2c(C)[nH]c3c(-c4ccccc4)c(C(F)(F)F)nn3c2=O)c1OC. The number of benzene rings is 2. The second-order valence-electron chi connectivity index (χ2n) is 7.27. The van der Waals surface area contributed by atoms with Gasteiger partial charge >= 0.3 is 6.18 Å². The lowest BCUT2D eigenvalue weighted by atomic mass is 10.1. The van der Waals surface area contributed by atoms with Crippen molar-refractivity contribution in [3.63, 3.8) is 0 Å². The van der Waals surface area contributed by atoms with Gasteiger partial charge in [0.05, 0.1) is 25.5 Å². The highest BCUT2D eigenvalue weighted by Crippen LogP contribution is 2.38. The molecule has 4 aromatic rings. The molecule has 0 atom stereocenters. The average Bonchev–Trinajstić information content (AvgIpc) is 3.19. The first kappa shape index (κ1) is 22.9. The van der Waals surface area contributed by atoms with Crippen LogP contribution in [-0.2, 0) is 6.18 Å². The number of halogens is 3. The predicted molar refractivity (Wildman–Crippen MR) is 118 cm³/mol. The summed E-state index contributed by atoms with van der Waals surface area (Å²) in [6, 6.07) is 12.5. The number of methoxy groups -OCH3 is 2. The fraction of sp³-hybridized carbons (Fsp3) is 0.174. The molecule has 0 aliphatic heterocycles. The molecule has 0 saturated heterocycles. The topological polar surface area (TPSA) is 97.7 Å². The largest absolute Gasteiger partial charge is 0.493 e. The lowest BCUT2D eigenvalue weighted by Gasteiger charge is -2.14. The first-order valence-corrected chi connectivity index (χ1v) is 9.98. The number of fused-ring (bicyclic) bond motifs is 1. The molecule has 11 heteroatoms. The third kappa shape index (κ3) is 3.85. The van der Waals surface area contributed by atoms with Crippen molar-refractivity contribution in [3.05, 3.63) is 75.8 Å². The van der Waals surface area contributed by atoms with Crippen LogP contribution in [0.2, 0.25) is 0 Å². The van der Waals surface area contributed by atoms with Crippen LogP contribution in [0.15, 0.2) is 53.3 Å². The Hall–Kier alpha value is -4.28. The third-order valence-electron chi connectivity index (χ3n) is 5.18. The smallest absolute Gasteiger partial charge is 0.435 e. The van der Waals surface area contributed by atoms with Crippen molar-refractivity contribution < 1.29 is 27.4 Å². The summed E-state index contributed by atoms with van der Waals surface area (Å²) in [5, 5.41) is 6.09. The van der Waals surface area contributed by atoms with E-state index in [4.69, 9.17) is 9.47 Å². The van der Waals surface area contributed by atoms with Gasteiger partial charge in [-0.25, -0.2) is 0 Å². The molecule has 0 saturated carbocycles. The molecule has 0 fully saturated rings. The van der Waals surface area contributed by atoms with Crippen molar-refractivity contribution in [2.45, 2.75) is 13.1 Å².